The van der Waals surface area contributed by atoms with Gasteiger partial charge in [0, 0.05) is 0 Å². The molecule has 0 radical (unpaired) electrons. The lowest BCUT2D eigenvalue weighted by atomic mass is 9.40. The van der Waals surface area contributed by atoms with Crippen molar-refractivity contribution in [2.75, 3.05) is 0 Å². The minimum Gasteiger partial charge on any atom is -0.0654 e. The first-order chi connectivity index (χ1) is 13.7. The Hall–Kier alpha value is 0. The van der Waals surface area contributed by atoms with Crippen LogP contribution in [0.15, 0.2) is 0 Å². The average Bonchev–Trinajstić information content (AvgIpc) is 2.77. The normalized spacial score (nSPS) is 32.8. The summed E-state index contributed by atoms with van der Waals surface area (Å²) in [4.78, 5) is 0. The Morgan fingerprint density at radius 1 is 0.607 bits per heavy atom. The number of rotatable bonds is 9. The summed E-state index contributed by atoms with van der Waals surface area (Å²) in [6.45, 7) is 10.0. The molecule has 0 saturated heterocycles. The fourth-order valence-electron chi connectivity index (χ4n) is 8.85. The van der Waals surface area contributed by atoms with E-state index in [4.69, 9.17) is 0 Å². The highest BCUT2D eigenvalue weighted by Gasteiger charge is 2.59. The molecule has 3 rings (SSSR count). The second kappa shape index (κ2) is 10.3. The Balaban J connectivity index is 2.00. The van der Waals surface area contributed by atoms with E-state index in [9.17, 15) is 0 Å². The van der Waals surface area contributed by atoms with Crippen LogP contribution in [0.25, 0.3) is 0 Å². The zero-order valence-electron chi connectivity index (χ0n) is 20.0. The highest BCUT2D eigenvalue weighted by atomic mass is 14.6. The van der Waals surface area contributed by atoms with Gasteiger partial charge in [0.1, 0.15) is 0 Å². The molecule has 0 amide bonds. The molecule has 0 nitrogen and oxygen atoms in total. The largest absolute Gasteiger partial charge is 0.0654 e. The summed E-state index contributed by atoms with van der Waals surface area (Å²) in [6.07, 6.45) is 27.3. The maximum absolute atomic E-state index is 2.58. The van der Waals surface area contributed by atoms with Gasteiger partial charge < -0.3 is 0 Å². The molecular formula is C28H52. The maximum atomic E-state index is 2.58. The molecule has 0 N–H and O–H groups in total. The van der Waals surface area contributed by atoms with Crippen molar-refractivity contribution in [1.29, 1.82) is 0 Å². The van der Waals surface area contributed by atoms with Crippen LogP contribution in [0.5, 0.6) is 0 Å². The summed E-state index contributed by atoms with van der Waals surface area (Å²) in [5, 5.41) is 0. The molecule has 3 aliphatic rings. The van der Waals surface area contributed by atoms with Crippen molar-refractivity contribution in [2.24, 2.45) is 34.5 Å². The van der Waals surface area contributed by atoms with Crippen LogP contribution >= 0.6 is 0 Å². The van der Waals surface area contributed by atoms with Gasteiger partial charge in [-0.3, -0.25) is 0 Å². The lowest BCUT2D eigenvalue weighted by Gasteiger charge is -2.64. The molecule has 3 saturated carbocycles. The predicted octanol–water partition coefficient (Wildman–Crippen LogP) is 9.57. The molecule has 0 aromatic rings. The summed E-state index contributed by atoms with van der Waals surface area (Å²) in [6, 6.07) is 0. The number of hydrogen-bond donors (Lipinski definition) is 0. The molecule has 28 heavy (non-hydrogen) atoms. The number of fused-ring (bicyclic) bond motifs is 1. The van der Waals surface area contributed by atoms with Crippen molar-refractivity contribution in [3.63, 3.8) is 0 Å². The first-order valence-corrected chi connectivity index (χ1v) is 13.7. The van der Waals surface area contributed by atoms with Gasteiger partial charge in [0.25, 0.3) is 0 Å². The Morgan fingerprint density at radius 2 is 1.14 bits per heavy atom. The minimum absolute atomic E-state index is 0.676. The Kier molecular flexibility index (Phi) is 8.38. The van der Waals surface area contributed by atoms with Crippen molar-refractivity contribution in [3.05, 3.63) is 0 Å². The monoisotopic (exact) mass is 388 g/mol. The van der Waals surface area contributed by atoms with Crippen molar-refractivity contribution < 1.29 is 0 Å². The lowest BCUT2D eigenvalue weighted by molar-refractivity contribution is -0.151. The quantitative estimate of drug-likeness (QED) is 0.369. The molecule has 3 fully saturated rings. The van der Waals surface area contributed by atoms with E-state index < -0.39 is 0 Å². The predicted molar refractivity (Wildman–Crippen MR) is 125 cm³/mol. The molecule has 0 heterocycles. The van der Waals surface area contributed by atoms with Crippen LogP contribution in [-0.2, 0) is 0 Å². The van der Waals surface area contributed by atoms with Gasteiger partial charge in [0.15, 0.2) is 0 Å². The van der Waals surface area contributed by atoms with Crippen LogP contribution in [-0.4, -0.2) is 0 Å². The van der Waals surface area contributed by atoms with E-state index >= 15 is 0 Å². The molecule has 0 aliphatic heterocycles. The van der Waals surface area contributed by atoms with Crippen LogP contribution in [0.4, 0.5) is 0 Å². The van der Waals surface area contributed by atoms with E-state index in [1.165, 1.54) is 70.6 Å². The molecular weight excluding hydrogens is 336 g/mol. The molecule has 0 spiro atoms. The van der Waals surface area contributed by atoms with Crippen LogP contribution in [0.1, 0.15) is 143 Å². The summed E-state index contributed by atoms with van der Waals surface area (Å²) in [5.41, 5.74) is 1.38. The van der Waals surface area contributed by atoms with E-state index in [1.54, 1.807) is 44.9 Å². The summed E-state index contributed by atoms with van der Waals surface area (Å²) < 4.78 is 0. The van der Waals surface area contributed by atoms with Crippen LogP contribution < -0.4 is 0 Å². The molecule has 164 valence electrons. The second-order valence-corrected chi connectivity index (χ2v) is 11.2. The van der Waals surface area contributed by atoms with Gasteiger partial charge in [-0.05, 0) is 79.4 Å². The van der Waals surface area contributed by atoms with Crippen LogP contribution in [0.2, 0.25) is 0 Å². The smallest absolute Gasteiger partial charge is 0.0240 e. The van der Waals surface area contributed by atoms with Crippen molar-refractivity contribution in [3.8, 4) is 0 Å². The van der Waals surface area contributed by atoms with Gasteiger partial charge in [-0.25, -0.2) is 0 Å². The van der Waals surface area contributed by atoms with Gasteiger partial charge in [0.05, 0.1) is 0 Å². The van der Waals surface area contributed by atoms with Crippen molar-refractivity contribution in [2.45, 2.75) is 143 Å². The zero-order valence-corrected chi connectivity index (χ0v) is 20.0. The summed E-state index contributed by atoms with van der Waals surface area (Å²) in [5.74, 6) is 4.19. The molecule has 3 aliphatic carbocycles. The maximum Gasteiger partial charge on any atom is -0.0240 e. The summed E-state index contributed by atoms with van der Waals surface area (Å²) in [7, 11) is 0. The fourth-order valence-corrected chi connectivity index (χ4v) is 8.85. The van der Waals surface area contributed by atoms with Crippen molar-refractivity contribution >= 4 is 0 Å². The van der Waals surface area contributed by atoms with E-state index in [-0.39, 0.29) is 0 Å². The van der Waals surface area contributed by atoms with Gasteiger partial charge >= 0.3 is 0 Å². The van der Waals surface area contributed by atoms with E-state index in [0.29, 0.717) is 10.8 Å². The van der Waals surface area contributed by atoms with E-state index in [0.717, 1.165) is 23.7 Å². The third kappa shape index (κ3) is 4.23. The van der Waals surface area contributed by atoms with Crippen LogP contribution in [0, 0.1) is 34.5 Å². The SMILES string of the molecule is CCCCC1(CCCC)CC(C2CCCCC2)C(CC)(CC)C2CCCCC21. The average molecular weight is 389 g/mol. The highest BCUT2D eigenvalue weighted by molar-refractivity contribution is 5.08. The molecule has 0 aromatic heterocycles. The fraction of sp³-hybridized carbons (Fsp3) is 1.00. The third-order valence-electron chi connectivity index (χ3n) is 10.2. The molecule has 0 aromatic carbocycles. The Bertz CT molecular complexity index is 431. The van der Waals surface area contributed by atoms with Crippen LogP contribution in [0.3, 0.4) is 0 Å². The molecule has 3 atom stereocenters. The lowest BCUT2D eigenvalue weighted by Crippen LogP contribution is -2.56. The van der Waals surface area contributed by atoms with E-state index in [2.05, 4.69) is 27.7 Å². The second-order valence-electron chi connectivity index (χ2n) is 11.2. The first kappa shape index (κ1) is 22.7. The topological polar surface area (TPSA) is 0 Å². The molecule has 0 heteroatoms. The Labute approximate surface area is 178 Å². The highest BCUT2D eigenvalue weighted by Crippen LogP contribution is 2.67. The first-order valence-electron chi connectivity index (χ1n) is 13.7. The molecule has 3 unspecified atom stereocenters. The van der Waals surface area contributed by atoms with Gasteiger partial charge in [0.2, 0.25) is 0 Å². The molecule has 0 bridgehead atoms. The van der Waals surface area contributed by atoms with Gasteiger partial charge in [-0.1, -0.05) is 98.3 Å². The summed E-state index contributed by atoms with van der Waals surface area (Å²) >= 11 is 0. The van der Waals surface area contributed by atoms with Crippen molar-refractivity contribution in [1.82, 2.24) is 0 Å². The standard InChI is InChI=1S/C28H52/c1-5-9-20-27(21-10-6-2)22-26(23-16-12-11-13-17-23)28(7-3,8-4)25-19-15-14-18-24(25)27/h23-26H,5-22H2,1-4H3. The minimum atomic E-state index is 0.676. The zero-order chi connectivity index (χ0) is 20.0. The number of unbranched alkanes of at least 4 members (excludes halogenated alkanes) is 2. The van der Waals surface area contributed by atoms with E-state index in [1.807, 2.05) is 0 Å². The van der Waals surface area contributed by atoms with Gasteiger partial charge in [-0.15, -0.1) is 0 Å². The van der Waals surface area contributed by atoms with Gasteiger partial charge in [-0.2, -0.15) is 0 Å². The third-order valence-corrected chi connectivity index (χ3v) is 10.2. The Morgan fingerprint density at radius 3 is 1.68 bits per heavy atom. The number of hydrogen-bond acceptors (Lipinski definition) is 0.